The van der Waals surface area contributed by atoms with Crippen molar-refractivity contribution in [3.05, 3.63) is 35.5 Å². The van der Waals surface area contributed by atoms with E-state index in [1.54, 1.807) is 13.1 Å². The van der Waals surface area contributed by atoms with Gasteiger partial charge in [-0.2, -0.15) is 13.2 Å². The average Bonchev–Trinajstić information content (AvgIpc) is 2.64. The van der Waals surface area contributed by atoms with Crippen molar-refractivity contribution >= 4 is 16.9 Å². The molecule has 1 N–H and O–H groups in total. The minimum atomic E-state index is -4.45. The van der Waals surface area contributed by atoms with E-state index in [1.807, 2.05) is 0 Å². The monoisotopic (exact) mass is 271 g/mol. The van der Waals surface area contributed by atoms with Crippen molar-refractivity contribution in [2.45, 2.75) is 19.0 Å². The predicted molar refractivity (Wildman–Crippen MR) is 64.0 cm³/mol. The highest BCUT2D eigenvalue weighted by molar-refractivity contribution is 5.87. The second kappa shape index (κ2) is 4.29. The Morgan fingerprint density at radius 3 is 2.53 bits per heavy atom. The molecule has 3 nitrogen and oxygen atoms in total. The van der Waals surface area contributed by atoms with E-state index in [9.17, 15) is 18.0 Å². The summed E-state index contributed by atoms with van der Waals surface area (Å²) in [5.41, 5.74) is -0.0263. The van der Waals surface area contributed by atoms with Gasteiger partial charge in [-0.05, 0) is 25.1 Å². The summed E-state index contributed by atoms with van der Waals surface area (Å²) in [5, 5.41) is 9.01. The van der Waals surface area contributed by atoms with Gasteiger partial charge in [-0.15, -0.1) is 0 Å². The van der Waals surface area contributed by atoms with Crippen LogP contribution in [0.2, 0.25) is 0 Å². The van der Waals surface area contributed by atoms with E-state index in [0.717, 1.165) is 6.07 Å². The third-order valence-electron chi connectivity index (χ3n) is 3.24. The molecule has 102 valence electrons. The molecule has 0 aliphatic rings. The number of hydrogen-bond acceptors (Lipinski definition) is 1. The SMILES string of the molecule is CC(C(=O)O)c1cc2c(C(F)(F)F)cccc2n1C. The molecule has 0 fully saturated rings. The molecule has 2 aromatic rings. The van der Waals surface area contributed by atoms with Crippen LogP contribution in [0.25, 0.3) is 10.9 Å². The molecule has 0 amide bonds. The molecule has 0 saturated carbocycles. The van der Waals surface area contributed by atoms with Crippen LogP contribution in [0, 0.1) is 0 Å². The zero-order valence-electron chi connectivity index (χ0n) is 10.3. The molecule has 2 rings (SSSR count). The zero-order valence-corrected chi connectivity index (χ0v) is 10.3. The van der Waals surface area contributed by atoms with Gasteiger partial charge in [0.25, 0.3) is 0 Å². The Hall–Kier alpha value is -1.98. The summed E-state index contributed by atoms with van der Waals surface area (Å²) in [6, 6.07) is 5.16. The minimum absolute atomic E-state index is 0.0283. The Kier molecular flexibility index (Phi) is 3.04. The van der Waals surface area contributed by atoms with Crippen molar-refractivity contribution in [1.82, 2.24) is 4.57 Å². The predicted octanol–water partition coefficient (Wildman–Crippen LogP) is 3.39. The van der Waals surface area contributed by atoms with Crippen LogP contribution in [0.5, 0.6) is 0 Å². The highest BCUT2D eigenvalue weighted by Crippen LogP contribution is 2.36. The molecule has 1 unspecified atom stereocenters. The third kappa shape index (κ3) is 2.18. The van der Waals surface area contributed by atoms with Gasteiger partial charge in [-0.25, -0.2) is 0 Å². The van der Waals surface area contributed by atoms with E-state index < -0.39 is 23.6 Å². The van der Waals surface area contributed by atoms with E-state index in [2.05, 4.69) is 0 Å². The molecule has 19 heavy (non-hydrogen) atoms. The largest absolute Gasteiger partial charge is 0.481 e. The van der Waals surface area contributed by atoms with Crippen LogP contribution in [-0.4, -0.2) is 15.6 Å². The van der Waals surface area contributed by atoms with Crippen LogP contribution in [0.3, 0.4) is 0 Å². The van der Waals surface area contributed by atoms with E-state index in [-0.39, 0.29) is 5.39 Å². The highest BCUT2D eigenvalue weighted by atomic mass is 19.4. The number of hydrogen-bond donors (Lipinski definition) is 1. The quantitative estimate of drug-likeness (QED) is 0.909. The summed E-state index contributed by atoms with van der Waals surface area (Å²) in [5.74, 6) is -1.93. The summed E-state index contributed by atoms with van der Waals surface area (Å²) < 4.78 is 40.2. The zero-order chi connectivity index (χ0) is 14.4. The number of carboxylic acids is 1. The fourth-order valence-corrected chi connectivity index (χ4v) is 2.17. The number of aryl methyl sites for hydroxylation is 1. The lowest BCUT2D eigenvalue weighted by molar-refractivity contribution is -0.138. The summed E-state index contributed by atoms with van der Waals surface area (Å²) in [4.78, 5) is 11.0. The van der Waals surface area contributed by atoms with Gasteiger partial charge in [0, 0.05) is 23.6 Å². The number of aromatic nitrogens is 1. The smallest absolute Gasteiger partial charge is 0.417 e. The Labute approximate surface area is 107 Å². The van der Waals surface area contributed by atoms with Gasteiger partial charge in [-0.3, -0.25) is 4.79 Å². The summed E-state index contributed by atoms with van der Waals surface area (Å²) in [6.45, 7) is 1.45. The second-order valence-electron chi connectivity index (χ2n) is 4.42. The van der Waals surface area contributed by atoms with E-state index in [1.165, 1.54) is 23.6 Å². The first-order chi connectivity index (χ1) is 8.73. The number of alkyl halides is 3. The number of carbonyl (C=O) groups is 1. The summed E-state index contributed by atoms with van der Waals surface area (Å²) in [7, 11) is 1.57. The van der Waals surface area contributed by atoms with Gasteiger partial charge in [0.1, 0.15) is 0 Å². The molecule has 6 heteroatoms. The van der Waals surface area contributed by atoms with Gasteiger partial charge < -0.3 is 9.67 Å². The fraction of sp³-hybridized carbons (Fsp3) is 0.308. The van der Waals surface area contributed by atoms with Gasteiger partial charge in [0.05, 0.1) is 11.5 Å². The van der Waals surface area contributed by atoms with Crippen LogP contribution >= 0.6 is 0 Å². The van der Waals surface area contributed by atoms with Crippen molar-refractivity contribution in [3.63, 3.8) is 0 Å². The number of halogens is 3. The topological polar surface area (TPSA) is 42.2 Å². The average molecular weight is 271 g/mol. The van der Waals surface area contributed by atoms with Crippen LogP contribution < -0.4 is 0 Å². The van der Waals surface area contributed by atoms with Crippen molar-refractivity contribution in [3.8, 4) is 0 Å². The third-order valence-corrected chi connectivity index (χ3v) is 3.24. The van der Waals surface area contributed by atoms with Crippen LogP contribution in [0.15, 0.2) is 24.3 Å². The van der Waals surface area contributed by atoms with Crippen molar-refractivity contribution in [2.75, 3.05) is 0 Å². The van der Waals surface area contributed by atoms with Gasteiger partial charge in [0.15, 0.2) is 0 Å². The summed E-state index contributed by atoms with van der Waals surface area (Å²) >= 11 is 0. The lowest BCUT2D eigenvalue weighted by atomic mass is 10.1. The standard InChI is InChI=1S/C13H12F3NO2/c1-7(12(18)19)11-6-8-9(13(14,15)16)4-3-5-10(8)17(11)2/h3-7H,1-2H3,(H,18,19). The Morgan fingerprint density at radius 2 is 2.00 bits per heavy atom. The molecule has 0 spiro atoms. The second-order valence-corrected chi connectivity index (χ2v) is 4.42. The molecule has 0 aliphatic heterocycles. The van der Waals surface area contributed by atoms with E-state index in [4.69, 9.17) is 5.11 Å². The molecule has 0 radical (unpaired) electrons. The van der Waals surface area contributed by atoms with Gasteiger partial charge in [-0.1, -0.05) is 6.07 Å². The minimum Gasteiger partial charge on any atom is -0.481 e. The number of benzene rings is 1. The molecule has 0 saturated heterocycles. The number of rotatable bonds is 2. The Morgan fingerprint density at radius 1 is 1.37 bits per heavy atom. The number of fused-ring (bicyclic) bond motifs is 1. The van der Waals surface area contributed by atoms with Crippen LogP contribution in [0.1, 0.15) is 24.1 Å². The lowest BCUT2D eigenvalue weighted by Crippen LogP contribution is -2.11. The maximum absolute atomic E-state index is 12.9. The fourth-order valence-electron chi connectivity index (χ4n) is 2.17. The summed E-state index contributed by atoms with van der Waals surface area (Å²) in [6.07, 6.45) is -4.45. The maximum atomic E-state index is 12.9. The van der Waals surface area contributed by atoms with Crippen LogP contribution in [-0.2, 0) is 18.0 Å². The van der Waals surface area contributed by atoms with Crippen molar-refractivity contribution < 1.29 is 23.1 Å². The molecular formula is C13H12F3NO2. The van der Waals surface area contributed by atoms with E-state index >= 15 is 0 Å². The molecule has 0 aliphatic carbocycles. The Bertz CT molecular complexity index is 643. The number of aliphatic carboxylic acids is 1. The van der Waals surface area contributed by atoms with Gasteiger partial charge >= 0.3 is 12.1 Å². The lowest BCUT2D eigenvalue weighted by Gasteiger charge is -2.08. The molecular weight excluding hydrogens is 259 g/mol. The molecule has 1 aromatic carbocycles. The molecule has 1 atom stereocenters. The first-order valence-electron chi connectivity index (χ1n) is 5.62. The molecule has 0 bridgehead atoms. The Balaban J connectivity index is 2.73. The van der Waals surface area contributed by atoms with E-state index in [0.29, 0.717) is 11.2 Å². The normalized spacial score (nSPS) is 13.7. The number of carboxylic acid groups (broad SMARTS) is 1. The van der Waals surface area contributed by atoms with Crippen LogP contribution in [0.4, 0.5) is 13.2 Å². The first-order valence-corrected chi connectivity index (χ1v) is 5.62. The first kappa shape index (κ1) is 13.5. The molecule has 1 aromatic heterocycles. The van der Waals surface area contributed by atoms with Gasteiger partial charge in [0.2, 0.25) is 0 Å². The maximum Gasteiger partial charge on any atom is 0.417 e. The van der Waals surface area contributed by atoms with Crippen molar-refractivity contribution in [2.24, 2.45) is 7.05 Å². The number of nitrogens with zero attached hydrogens (tertiary/aromatic N) is 1. The highest BCUT2D eigenvalue weighted by Gasteiger charge is 2.33. The van der Waals surface area contributed by atoms with Crippen molar-refractivity contribution in [1.29, 1.82) is 0 Å². The molecule has 1 heterocycles.